The minimum Gasteiger partial charge on any atom is -0.489 e. The summed E-state index contributed by atoms with van der Waals surface area (Å²) in [6, 6.07) is 12.3. The second-order valence-electron chi connectivity index (χ2n) is 4.14. The Hall–Kier alpha value is -1.54. The SMILES string of the molecule is Cc1ccc(F)cc1COc1ccc(CCl)cc1. The lowest BCUT2D eigenvalue weighted by molar-refractivity contribution is 0.304. The molecule has 94 valence electrons. The Balaban J connectivity index is 2.04. The van der Waals surface area contributed by atoms with Gasteiger partial charge in [-0.3, -0.25) is 0 Å². The van der Waals surface area contributed by atoms with Crippen LogP contribution in [0.1, 0.15) is 16.7 Å². The van der Waals surface area contributed by atoms with Crippen molar-refractivity contribution in [2.45, 2.75) is 19.4 Å². The first-order chi connectivity index (χ1) is 8.69. The molecule has 0 aliphatic rings. The van der Waals surface area contributed by atoms with Crippen LogP contribution in [0.4, 0.5) is 4.39 Å². The van der Waals surface area contributed by atoms with E-state index in [0.717, 1.165) is 22.4 Å². The molecular formula is C15H14ClFO. The summed E-state index contributed by atoms with van der Waals surface area (Å²) < 4.78 is 18.7. The topological polar surface area (TPSA) is 9.23 Å². The van der Waals surface area contributed by atoms with E-state index in [-0.39, 0.29) is 5.82 Å². The molecule has 0 heterocycles. The summed E-state index contributed by atoms with van der Waals surface area (Å²) >= 11 is 5.71. The molecule has 0 radical (unpaired) electrons. The molecule has 0 amide bonds. The van der Waals surface area contributed by atoms with Gasteiger partial charge in [-0.2, -0.15) is 0 Å². The van der Waals surface area contributed by atoms with E-state index in [1.54, 1.807) is 6.07 Å². The van der Waals surface area contributed by atoms with Gasteiger partial charge in [-0.15, -0.1) is 11.6 Å². The quantitative estimate of drug-likeness (QED) is 0.741. The van der Waals surface area contributed by atoms with Crippen LogP contribution < -0.4 is 4.74 Å². The first-order valence-electron chi connectivity index (χ1n) is 5.72. The number of halogens is 2. The van der Waals surface area contributed by atoms with Crippen molar-refractivity contribution in [3.63, 3.8) is 0 Å². The fraction of sp³-hybridized carbons (Fsp3) is 0.200. The van der Waals surface area contributed by atoms with Crippen molar-refractivity contribution >= 4 is 11.6 Å². The molecule has 0 aliphatic carbocycles. The molecule has 3 heteroatoms. The molecule has 0 bridgehead atoms. The molecule has 0 atom stereocenters. The second-order valence-corrected chi connectivity index (χ2v) is 4.40. The minimum atomic E-state index is -0.239. The molecule has 0 spiro atoms. The van der Waals surface area contributed by atoms with Gasteiger partial charge in [-0.05, 0) is 47.9 Å². The van der Waals surface area contributed by atoms with Gasteiger partial charge in [0.2, 0.25) is 0 Å². The van der Waals surface area contributed by atoms with Gasteiger partial charge < -0.3 is 4.74 Å². The fourth-order valence-electron chi connectivity index (χ4n) is 1.63. The zero-order valence-electron chi connectivity index (χ0n) is 10.1. The molecule has 0 fully saturated rings. The molecule has 0 saturated carbocycles. The number of rotatable bonds is 4. The third kappa shape index (κ3) is 3.23. The number of benzene rings is 2. The van der Waals surface area contributed by atoms with E-state index in [4.69, 9.17) is 16.3 Å². The first kappa shape index (κ1) is 12.9. The van der Waals surface area contributed by atoms with Gasteiger partial charge in [-0.25, -0.2) is 4.39 Å². The van der Waals surface area contributed by atoms with Crippen molar-refractivity contribution in [1.29, 1.82) is 0 Å². The Labute approximate surface area is 111 Å². The van der Waals surface area contributed by atoms with Gasteiger partial charge >= 0.3 is 0 Å². The molecule has 18 heavy (non-hydrogen) atoms. The van der Waals surface area contributed by atoms with Crippen molar-refractivity contribution in [3.8, 4) is 5.75 Å². The van der Waals surface area contributed by atoms with Crippen molar-refractivity contribution in [1.82, 2.24) is 0 Å². The molecule has 2 rings (SSSR count). The van der Waals surface area contributed by atoms with Gasteiger partial charge in [0.15, 0.2) is 0 Å². The Kier molecular flexibility index (Phi) is 4.21. The van der Waals surface area contributed by atoms with Crippen LogP contribution in [0, 0.1) is 12.7 Å². The summed E-state index contributed by atoms with van der Waals surface area (Å²) in [4.78, 5) is 0. The van der Waals surface area contributed by atoms with Crippen molar-refractivity contribution in [3.05, 3.63) is 65.0 Å². The largest absolute Gasteiger partial charge is 0.489 e. The van der Waals surface area contributed by atoms with Crippen molar-refractivity contribution < 1.29 is 9.13 Å². The number of aryl methyl sites for hydroxylation is 1. The van der Waals surface area contributed by atoms with Crippen molar-refractivity contribution in [2.75, 3.05) is 0 Å². The number of alkyl halides is 1. The van der Waals surface area contributed by atoms with Gasteiger partial charge in [0, 0.05) is 5.88 Å². The highest BCUT2D eigenvalue weighted by Crippen LogP contribution is 2.17. The average Bonchev–Trinajstić information content (AvgIpc) is 2.40. The second kappa shape index (κ2) is 5.87. The highest BCUT2D eigenvalue weighted by molar-refractivity contribution is 6.17. The third-order valence-electron chi connectivity index (χ3n) is 2.78. The molecule has 2 aromatic carbocycles. The molecule has 0 saturated heterocycles. The molecular weight excluding hydrogens is 251 g/mol. The molecule has 0 aliphatic heterocycles. The van der Waals surface area contributed by atoms with E-state index < -0.39 is 0 Å². The highest BCUT2D eigenvalue weighted by atomic mass is 35.5. The van der Waals surface area contributed by atoms with Crippen LogP contribution >= 0.6 is 11.6 Å². The lowest BCUT2D eigenvalue weighted by atomic mass is 10.1. The number of hydrogen-bond acceptors (Lipinski definition) is 1. The normalized spacial score (nSPS) is 10.4. The first-order valence-corrected chi connectivity index (χ1v) is 6.25. The van der Waals surface area contributed by atoms with Crippen LogP contribution in [0.3, 0.4) is 0 Å². The maximum absolute atomic E-state index is 13.1. The zero-order chi connectivity index (χ0) is 13.0. The van der Waals surface area contributed by atoms with Gasteiger partial charge in [-0.1, -0.05) is 18.2 Å². The Morgan fingerprint density at radius 2 is 1.83 bits per heavy atom. The zero-order valence-corrected chi connectivity index (χ0v) is 10.9. The van der Waals surface area contributed by atoms with Gasteiger partial charge in [0.25, 0.3) is 0 Å². The van der Waals surface area contributed by atoms with E-state index in [1.807, 2.05) is 31.2 Å². The standard InChI is InChI=1S/C15H14ClFO/c1-11-2-5-14(17)8-13(11)10-18-15-6-3-12(9-16)4-7-15/h2-8H,9-10H2,1H3. The predicted molar refractivity (Wildman–Crippen MR) is 71.5 cm³/mol. The van der Waals surface area contributed by atoms with Gasteiger partial charge in [0.05, 0.1) is 0 Å². The Bertz CT molecular complexity index is 523. The lowest BCUT2D eigenvalue weighted by Gasteiger charge is -2.09. The van der Waals surface area contributed by atoms with E-state index >= 15 is 0 Å². The summed E-state index contributed by atoms with van der Waals surface area (Å²) in [5.74, 6) is 1.01. The smallest absolute Gasteiger partial charge is 0.123 e. The summed E-state index contributed by atoms with van der Waals surface area (Å²) in [6.07, 6.45) is 0. The lowest BCUT2D eigenvalue weighted by Crippen LogP contribution is -1.98. The van der Waals surface area contributed by atoms with Crippen LogP contribution in [-0.2, 0) is 12.5 Å². The molecule has 2 aromatic rings. The van der Waals surface area contributed by atoms with Crippen LogP contribution in [0.15, 0.2) is 42.5 Å². The monoisotopic (exact) mass is 264 g/mol. The molecule has 0 N–H and O–H groups in total. The van der Waals surface area contributed by atoms with E-state index in [2.05, 4.69) is 0 Å². The highest BCUT2D eigenvalue weighted by Gasteiger charge is 2.02. The number of hydrogen-bond donors (Lipinski definition) is 0. The van der Waals surface area contributed by atoms with E-state index in [9.17, 15) is 4.39 Å². The predicted octanol–water partition coefficient (Wildman–Crippen LogP) is 4.45. The maximum atomic E-state index is 13.1. The van der Waals surface area contributed by atoms with Crippen LogP contribution in [0.5, 0.6) is 5.75 Å². The molecule has 0 aromatic heterocycles. The van der Waals surface area contributed by atoms with Crippen LogP contribution in [-0.4, -0.2) is 0 Å². The van der Waals surface area contributed by atoms with Crippen molar-refractivity contribution in [2.24, 2.45) is 0 Å². The number of ether oxygens (including phenoxy) is 1. The molecule has 0 unspecified atom stereocenters. The van der Waals surface area contributed by atoms with Crippen LogP contribution in [0.25, 0.3) is 0 Å². The summed E-state index contributed by atoms with van der Waals surface area (Å²) in [6.45, 7) is 2.30. The van der Waals surface area contributed by atoms with Crippen LogP contribution in [0.2, 0.25) is 0 Å². The van der Waals surface area contributed by atoms with E-state index in [1.165, 1.54) is 12.1 Å². The van der Waals surface area contributed by atoms with E-state index in [0.29, 0.717) is 12.5 Å². The fourth-order valence-corrected chi connectivity index (χ4v) is 1.81. The Morgan fingerprint density at radius 3 is 2.50 bits per heavy atom. The average molecular weight is 265 g/mol. The minimum absolute atomic E-state index is 0.239. The maximum Gasteiger partial charge on any atom is 0.123 e. The third-order valence-corrected chi connectivity index (χ3v) is 3.09. The van der Waals surface area contributed by atoms with Gasteiger partial charge in [0.1, 0.15) is 18.2 Å². The summed E-state index contributed by atoms with van der Waals surface area (Å²) in [7, 11) is 0. The Morgan fingerprint density at radius 1 is 1.11 bits per heavy atom. The molecule has 1 nitrogen and oxygen atoms in total. The summed E-state index contributed by atoms with van der Waals surface area (Å²) in [5, 5.41) is 0. The summed E-state index contributed by atoms with van der Waals surface area (Å²) in [5.41, 5.74) is 2.93.